The average molecular weight is 245 g/mol. The summed E-state index contributed by atoms with van der Waals surface area (Å²) in [7, 11) is 0. The highest BCUT2D eigenvalue weighted by atomic mass is 35.5. The van der Waals surface area contributed by atoms with Crippen LogP contribution >= 0.6 is 11.6 Å². The minimum atomic E-state index is 0.473. The van der Waals surface area contributed by atoms with Gasteiger partial charge in [-0.2, -0.15) is 0 Å². The highest BCUT2D eigenvalue weighted by Crippen LogP contribution is 2.18. The third kappa shape index (κ3) is 1.66. The van der Waals surface area contributed by atoms with Crippen molar-refractivity contribution in [1.82, 2.24) is 19.5 Å². The summed E-state index contributed by atoms with van der Waals surface area (Å²) in [5.74, 6) is 0.559. The summed E-state index contributed by atoms with van der Waals surface area (Å²) in [6.45, 7) is 1.88. The normalized spacial score (nSPS) is 10.9. The number of hydrogen-bond acceptors (Lipinski definition) is 3. The fourth-order valence-corrected chi connectivity index (χ4v) is 1.79. The van der Waals surface area contributed by atoms with E-state index in [-0.39, 0.29) is 0 Å². The molecule has 0 fully saturated rings. The Bertz CT molecular complexity index is 690. The molecule has 0 saturated carbocycles. The van der Waals surface area contributed by atoms with Gasteiger partial charge in [-0.05, 0) is 25.1 Å². The molecule has 0 atom stereocenters. The van der Waals surface area contributed by atoms with Crippen molar-refractivity contribution in [3.05, 3.63) is 47.5 Å². The maximum atomic E-state index is 6.00. The van der Waals surface area contributed by atoms with Crippen LogP contribution in [-0.2, 0) is 0 Å². The minimum absolute atomic E-state index is 0.473. The number of aromatic nitrogens is 4. The van der Waals surface area contributed by atoms with Gasteiger partial charge in [-0.15, -0.1) is 0 Å². The summed E-state index contributed by atoms with van der Waals surface area (Å²) in [6, 6.07) is 5.78. The van der Waals surface area contributed by atoms with Crippen LogP contribution < -0.4 is 0 Å². The molecule has 0 aliphatic carbocycles. The molecule has 5 heteroatoms. The summed E-state index contributed by atoms with van der Waals surface area (Å²) in [5, 5.41) is 0.473. The van der Waals surface area contributed by atoms with Gasteiger partial charge < -0.3 is 0 Å². The lowest BCUT2D eigenvalue weighted by Crippen LogP contribution is -2.00. The van der Waals surface area contributed by atoms with Crippen molar-refractivity contribution < 1.29 is 0 Å². The Hall–Kier alpha value is -1.94. The van der Waals surface area contributed by atoms with E-state index in [1.807, 2.05) is 35.9 Å². The number of nitrogens with zero attached hydrogens (tertiary/aromatic N) is 4. The standard InChI is InChI=1S/C12H9ClN4/c1-8-7-15-12(16-11(8)13)17-6-4-9-10(17)3-2-5-14-9/h2-7H,1H3. The Morgan fingerprint density at radius 2 is 2.12 bits per heavy atom. The van der Waals surface area contributed by atoms with E-state index in [1.54, 1.807) is 12.4 Å². The lowest BCUT2D eigenvalue weighted by atomic mass is 10.4. The molecule has 0 aliphatic rings. The zero-order chi connectivity index (χ0) is 11.8. The van der Waals surface area contributed by atoms with Crippen molar-refractivity contribution in [3.63, 3.8) is 0 Å². The van der Waals surface area contributed by atoms with Gasteiger partial charge in [0.25, 0.3) is 0 Å². The van der Waals surface area contributed by atoms with E-state index >= 15 is 0 Å². The largest absolute Gasteiger partial charge is 0.284 e. The van der Waals surface area contributed by atoms with E-state index in [0.717, 1.165) is 16.6 Å². The zero-order valence-corrected chi connectivity index (χ0v) is 9.89. The highest BCUT2D eigenvalue weighted by molar-refractivity contribution is 6.30. The van der Waals surface area contributed by atoms with Gasteiger partial charge in [0.15, 0.2) is 0 Å². The molecule has 0 saturated heterocycles. The monoisotopic (exact) mass is 244 g/mol. The van der Waals surface area contributed by atoms with E-state index in [0.29, 0.717) is 11.1 Å². The molecule has 84 valence electrons. The first-order valence-electron chi connectivity index (χ1n) is 5.17. The van der Waals surface area contributed by atoms with E-state index in [1.165, 1.54) is 0 Å². The molecule has 0 bridgehead atoms. The van der Waals surface area contributed by atoms with Gasteiger partial charge in [0, 0.05) is 24.2 Å². The third-order valence-electron chi connectivity index (χ3n) is 2.57. The predicted octanol–water partition coefficient (Wildman–Crippen LogP) is 2.78. The first kappa shape index (κ1) is 10.2. The van der Waals surface area contributed by atoms with Crippen LogP contribution in [0.1, 0.15) is 5.56 Å². The molecular weight excluding hydrogens is 236 g/mol. The molecule has 0 aliphatic heterocycles. The summed E-state index contributed by atoms with van der Waals surface area (Å²) in [4.78, 5) is 12.8. The molecule has 17 heavy (non-hydrogen) atoms. The van der Waals surface area contributed by atoms with Gasteiger partial charge in [-0.1, -0.05) is 11.6 Å². The van der Waals surface area contributed by atoms with Crippen molar-refractivity contribution >= 4 is 22.6 Å². The summed E-state index contributed by atoms with van der Waals surface area (Å²) < 4.78 is 1.87. The second kappa shape index (κ2) is 3.82. The lowest BCUT2D eigenvalue weighted by molar-refractivity contribution is 0.952. The maximum absolute atomic E-state index is 6.00. The Labute approximate surface area is 103 Å². The lowest BCUT2D eigenvalue weighted by Gasteiger charge is -2.04. The second-order valence-corrected chi connectivity index (χ2v) is 4.10. The first-order chi connectivity index (χ1) is 8.25. The molecule has 0 N–H and O–H groups in total. The Morgan fingerprint density at radius 1 is 1.24 bits per heavy atom. The molecule has 0 amide bonds. The van der Waals surface area contributed by atoms with Crippen LogP contribution in [0.5, 0.6) is 0 Å². The van der Waals surface area contributed by atoms with Gasteiger partial charge in [-0.25, -0.2) is 9.97 Å². The van der Waals surface area contributed by atoms with Crippen LogP contribution in [-0.4, -0.2) is 19.5 Å². The minimum Gasteiger partial charge on any atom is -0.284 e. The Kier molecular flexibility index (Phi) is 2.30. The van der Waals surface area contributed by atoms with E-state index in [2.05, 4.69) is 15.0 Å². The van der Waals surface area contributed by atoms with E-state index in [4.69, 9.17) is 11.6 Å². The molecule has 0 unspecified atom stereocenters. The van der Waals surface area contributed by atoms with Crippen molar-refractivity contribution in [2.45, 2.75) is 6.92 Å². The van der Waals surface area contributed by atoms with Crippen molar-refractivity contribution in [1.29, 1.82) is 0 Å². The predicted molar refractivity (Wildman–Crippen MR) is 66.4 cm³/mol. The quantitative estimate of drug-likeness (QED) is 0.618. The van der Waals surface area contributed by atoms with Crippen molar-refractivity contribution in [2.75, 3.05) is 0 Å². The van der Waals surface area contributed by atoms with Crippen LogP contribution in [0.3, 0.4) is 0 Å². The van der Waals surface area contributed by atoms with Gasteiger partial charge >= 0.3 is 0 Å². The topological polar surface area (TPSA) is 43.6 Å². The summed E-state index contributed by atoms with van der Waals surface area (Å²) >= 11 is 6.00. The Morgan fingerprint density at radius 3 is 2.94 bits per heavy atom. The zero-order valence-electron chi connectivity index (χ0n) is 9.13. The third-order valence-corrected chi connectivity index (χ3v) is 2.95. The maximum Gasteiger partial charge on any atom is 0.235 e. The Balaban J connectivity index is 2.24. The van der Waals surface area contributed by atoms with Crippen LogP contribution in [0.15, 0.2) is 36.8 Å². The second-order valence-electron chi connectivity index (χ2n) is 3.74. The van der Waals surface area contributed by atoms with Gasteiger partial charge in [0.2, 0.25) is 5.95 Å². The molecule has 4 nitrogen and oxygen atoms in total. The van der Waals surface area contributed by atoms with Crippen LogP contribution in [0.2, 0.25) is 5.15 Å². The number of halogens is 1. The van der Waals surface area contributed by atoms with Gasteiger partial charge in [0.05, 0.1) is 11.0 Å². The molecule has 3 heterocycles. The fourth-order valence-electron chi connectivity index (χ4n) is 1.67. The van der Waals surface area contributed by atoms with E-state index in [9.17, 15) is 0 Å². The van der Waals surface area contributed by atoms with Crippen LogP contribution in [0.4, 0.5) is 0 Å². The number of aryl methyl sites for hydroxylation is 1. The molecule has 0 aromatic carbocycles. The fraction of sp³-hybridized carbons (Fsp3) is 0.0833. The number of fused-ring (bicyclic) bond motifs is 1. The number of hydrogen-bond donors (Lipinski definition) is 0. The summed E-state index contributed by atoms with van der Waals surface area (Å²) in [6.07, 6.45) is 5.36. The van der Waals surface area contributed by atoms with Crippen molar-refractivity contribution in [2.24, 2.45) is 0 Å². The number of pyridine rings is 1. The molecule has 3 rings (SSSR count). The summed E-state index contributed by atoms with van der Waals surface area (Å²) in [5.41, 5.74) is 2.74. The molecule has 3 aromatic rings. The molecular formula is C12H9ClN4. The molecule has 0 spiro atoms. The van der Waals surface area contributed by atoms with Gasteiger partial charge in [0.1, 0.15) is 5.15 Å². The number of rotatable bonds is 1. The van der Waals surface area contributed by atoms with Gasteiger partial charge in [-0.3, -0.25) is 9.55 Å². The smallest absolute Gasteiger partial charge is 0.235 e. The van der Waals surface area contributed by atoms with E-state index < -0.39 is 0 Å². The van der Waals surface area contributed by atoms with Crippen molar-refractivity contribution in [3.8, 4) is 5.95 Å². The molecule has 3 aromatic heterocycles. The highest BCUT2D eigenvalue weighted by Gasteiger charge is 2.07. The molecule has 0 radical (unpaired) electrons. The first-order valence-corrected chi connectivity index (χ1v) is 5.55. The SMILES string of the molecule is Cc1cnc(-n2ccc3ncccc32)nc1Cl. The van der Waals surface area contributed by atoms with Crippen LogP contribution in [0, 0.1) is 6.92 Å². The van der Waals surface area contributed by atoms with Crippen LogP contribution in [0.25, 0.3) is 17.0 Å². The average Bonchev–Trinajstić information content (AvgIpc) is 2.76.